The van der Waals surface area contributed by atoms with E-state index in [0.29, 0.717) is 23.2 Å². The second kappa shape index (κ2) is 6.86. The Morgan fingerprint density at radius 3 is 2.88 bits per heavy atom. The fourth-order valence-electron chi connectivity index (χ4n) is 1.24. The van der Waals surface area contributed by atoms with Gasteiger partial charge in [-0.1, -0.05) is 0 Å². The average Bonchev–Trinajstić information content (AvgIpc) is 2.27. The molecule has 3 nitrogen and oxygen atoms in total. The molecule has 1 aromatic rings. The number of benzene rings is 1. The number of amides is 1. The minimum absolute atomic E-state index is 0.266. The highest BCUT2D eigenvalue weighted by Crippen LogP contribution is 2.17. The fraction of sp³-hybridized carbons (Fsp3) is 0.364. The summed E-state index contributed by atoms with van der Waals surface area (Å²) < 4.78 is 24.3. The van der Waals surface area contributed by atoms with Crippen molar-refractivity contribution in [1.29, 1.82) is 0 Å². The van der Waals surface area contributed by atoms with Crippen LogP contribution in [-0.4, -0.2) is 28.7 Å². The summed E-state index contributed by atoms with van der Waals surface area (Å²) in [5.74, 6) is -0.240. The minimum Gasteiger partial charge on any atom is -0.352 e. The van der Waals surface area contributed by atoms with Gasteiger partial charge in [0.15, 0.2) is 0 Å². The molecule has 6 heteroatoms. The molecule has 1 rings (SSSR count). The van der Waals surface area contributed by atoms with Gasteiger partial charge >= 0.3 is 0 Å². The van der Waals surface area contributed by atoms with Crippen molar-refractivity contribution in [2.24, 2.45) is 0 Å². The van der Waals surface area contributed by atoms with E-state index < -0.39 is 16.6 Å². The van der Waals surface area contributed by atoms with Crippen molar-refractivity contribution >= 4 is 32.6 Å². The van der Waals surface area contributed by atoms with Gasteiger partial charge in [-0.15, -0.1) is 0 Å². The lowest BCUT2D eigenvalue weighted by atomic mass is 10.2. The molecule has 0 aliphatic rings. The van der Waals surface area contributed by atoms with E-state index in [1.165, 1.54) is 18.2 Å². The smallest absolute Gasteiger partial charge is 0.252 e. The standard InChI is InChI=1S/C11H13BrFNO2S/c1-17(16)6-2-5-14-11(15)9-7-8(13)3-4-10(9)12/h3-4,7H,2,5-6H2,1H3,(H,14,15). The van der Waals surface area contributed by atoms with Gasteiger partial charge in [0.2, 0.25) is 0 Å². The number of carbonyl (C=O) groups excluding carboxylic acids is 1. The van der Waals surface area contributed by atoms with Crippen LogP contribution in [0.3, 0.4) is 0 Å². The van der Waals surface area contributed by atoms with Crippen molar-refractivity contribution in [3.63, 3.8) is 0 Å². The molecule has 0 bridgehead atoms. The highest BCUT2D eigenvalue weighted by molar-refractivity contribution is 9.10. The monoisotopic (exact) mass is 321 g/mol. The predicted octanol–water partition coefficient (Wildman–Crippen LogP) is 2.09. The minimum atomic E-state index is -0.853. The molecule has 1 amide bonds. The number of hydrogen-bond donors (Lipinski definition) is 1. The third-order valence-electron chi connectivity index (χ3n) is 2.07. The maximum atomic E-state index is 13.0. The number of rotatable bonds is 5. The molecule has 0 aliphatic carbocycles. The molecule has 0 aromatic heterocycles. The Morgan fingerprint density at radius 1 is 1.53 bits per heavy atom. The zero-order valence-corrected chi connectivity index (χ0v) is 11.7. The van der Waals surface area contributed by atoms with E-state index in [-0.39, 0.29) is 11.5 Å². The Bertz CT molecular complexity index is 439. The van der Waals surface area contributed by atoms with Crippen LogP contribution in [0.15, 0.2) is 22.7 Å². The third kappa shape index (κ3) is 4.95. The first-order valence-electron chi connectivity index (χ1n) is 5.04. The lowest BCUT2D eigenvalue weighted by Crippen LogP contribution is -2.25. The molecule has 1 unspecified atom stereocenters. The fourth-order valence-corrected chi connectivity index (χ4v) is 2.22. The quantitative estimate of drug-likeness (QED) is 0.844. The summed E-state index contributed by atoms with van der Waals surface area (Å²) in [6, 6.07) is 3.95. The Kier molecular flexibility index (Phi) is 5.77. The van der Waals surface area contributed by atoms with Gasteiger partial charge in [-0.2, -0.15) is 0 Å². The number of carbonyl (C=O) groups is 1. The summed E-state index contributed by atoms with van der Waals surface area (Å²) >= 11 is 3.19. The van der Waals surface area contributed by atoms with Gasteiger partial charge in [-0.3, -0.25) is 9.00 Å². The van der Waals surface area contributed by atoms with E-state index in [0.717, 1.165) is 0 Å². The number of nitrogens with one attached hydrogen (secondary N) is 1. The van der Waals surface area contributed by atoms with E-state index in [1.807, 2.05) is 0 Å². The molecule has 0 aliphatic heterocycles. The third-order valence-corrected chi connectivity index (χ3v) is 3.62. The van der Waals surface area contributed by atoms with Gasteiger partial charge < -0.3 is 5.32 Å². The molecular weight excluding hydrogens is 309 g/mol. The first-order chi connectivity index (χ1) is 8.00. The number of halogens is 2. The highest BCUT2D eigenvalue weighted by Gasteiger charge is 2.10. The van der Waals surface area contributed by atoms with E-state index in [1.54, 1.807) is 6.26 Å². The van der Waals surface area contributed by atoms with Gasteiger partial charge in [-0.25, -0.2) is 4.39 Å². The molecule has 0 fully saturated rings. The molecule has 0 saturated heterocycles. The van der Waals surface area contributed by atoms with E-state index >= 15 is 0 Å². The Balaban J connectivity index is 2.52. The molecule has 0 radical (unpaired) electrons. The first kappa shape index (κ1) is 14.3. The van der Waals surface area contributed by atoms with Crippen LogP contribution >= 0.6 is 15.9 Å². The van der Waals surface area contributed by atoms with Gasteiger partial charge in [0.25, 0.3) is 5.91 Å². The average molecular weight is 322 g/mol. The largest absolute Gasteiger partial charge is 0.352 e. The first-order valence-corrected chi connectivity index (χ1v) is 7.56. The molecule has 1 aromatic carbocycles. The van der Waals surface area contributed by atoms with Crippen LogP contribution in [0.4, 0.5) is 4.39 Å². The van der Waals surface area contributed by atoms with Crippen LogP contribution in [-0.2, 0) is 10.8 Å². The van der Waals surface area contributed by atoms with Crippen molar-refractivity contribution in [3.05, 3.63) is 34.1 Å². The molecule has 17 heavy (non-hydrogen) atoms. The second-order valence-electron chi connectivity index (χ2n) is 3.51. The van der Waals surface area contributed by atoms with Crippen LogP contribution in [0, 0.1) is 5.82 Å². The van der Waals surface area contributed by atoms with E-state index in [9.17, 15) is 13.4 Å². The summed E-state index contributed by atoms with van der Waals surface area (Å²) in [6.07, 6.45) is 2.26. The van der Waals surface area contributed by atoms with Crippen LogP contribution in [0.5, 0.6) is 0 Å². The Morgan fingerprint density at radius 2 is 2.24 bits per heavy atom. The zero-order chi connectivity index (χ0) is 12.8. The van der Waals surface area contributed by atoms with Gasteiger partial charge in [0.05, 0.1) is 5.56 Å². The SMILES string of the molecule is CS(=O)CCCNC(=O)c1cc(F)ccc1Br. The van der Waals surface area contributed by atoms with Crippen LogP contribution < -0.4 is 5.32 Å². The molecule has 0 saturated carbocycles. The molecule has 0 heterocycles. The summed E-state index contributed by atoms with van der Waals surface area (Å²) in [7, 11) is -0.853. The summed E-state index contributed by atoms with van der Waals surface area (Å²) in [5, 5.41) is 2.65. The normalized spacial score (nSPS) is 12.2. The van der Waals surface area contributed by atoms with Crippen molar-refractivity contribution < 1.29 is 13.4 Å². The lowest BCUT2D eigenvalue weighted by molar-refractivity contribution is 0.0952. The second-order valence-corrected chi connectivity index (χ2v) is 5.92. The van der Waals surface area contributed by atoms with Crippen molar-refractivity contribution in [2.75, 3.05) is 18.6 Å². The predicted molar refractivity (Wildman–Crippen MR) is 70.0 cm³/mol. The maximum absolute atomic E-state index is 13.0. The molecule has 94 valence electrons. The topological polar surface area (TPSA) is 46.2 Å². The van der Waals surface area contributed by atoms with Crippen molar-refractivity contribution in [2.45, 2.75) is 6.42 Å². The van der Waals surface area contributed by atoms with Gasteiger partial charge in [0, 0.05) is 33.8 Å². The summed E-state index contributed by atoms with van der Waals surface area (Å²) in [4.78, 5) is 11.7. The molecular formula is C11H13BrFNO2S. The Labute approximate surface area is 110 Å². The van der Waals surface area contributed by atoms with Crippen molar-refractivity contribution in [3.8, 4) is 0 Å². The lowest BCUT2D eigenvalue weighted by Gasteiger charge is -2.06. The highest BCUT2D eigenvalue weighted by atomic mass is 79.9. The van der Waals surface area contributed by atoms with Crippen LogP contribution in [0.2, 0.25) is 0 Å². The van der Waals surface area contributed by atoms with Crippen LogP contribution in [0.1, 0.15) is 16.8 Å². The van der Waals surface area contributed by atoms with Crippen molar-refractivity contribution in [1.82, 2.24) is 5.32 Å². The van der Waals surface area contributed by atoms with Gasteiger partial charge in [0.1, 0.15) is 5.82 Å². The molecule has 1 N–H and O–H groups in total. The number of hydrogen-bond acceptors (Lipinski definition) is 2. The zero-order valence-electron chi connectivity index (χ0n) is 9.33. The summed E-state index contributed by atoms with van der Waals surface area (Å²) in [6.45, 7) is 0.432. The maximum Gasteiger partial charge on any atom is 0.252 e. The van der Waals surface area contributed by atoms with Gasteiger partial charge in [-0.05, 0) is 40.5 Å². The molecule has 0 spiro atoms. The summed E-state index contributed by atoms with van der Waals surface area (Å²) in [5.41, 5.74) is 0.266. The Hall–Kier alpha value is -0.750. The van der Waals surface area contributed by atoms with Crippen LogP contribution in [0.25, 0.3) is 0 Å². The molecule has 1 atom stereocenters. The van der Waals surface area contributed by atoms with E-state index in [2.05, 4.69) is 21.2 Å². The van der Waals surface area contributed by atoms with E-state index in [4.69, 9.17) is 0 Å².